The smallest absolute Gasteiger partial charge is 0.194 e. The fraction of sp³-hybridized carbons (Fsp3) is 0. The molecular weight excluding hydrogens is 685 g/mol. The van der Waals surface area contributed by atoms with Gasteiger partial charge in [-0.1, -0.05) is 91.0 Å². The monoisotopic (exact) mass is 712 g/mol. The highest BCUT2D eigenvalue weighted by Gasteiger charge is 2.22. The van der Waals surface area contributed by atoms with Crippen molar-refractivity contribution in [3.63, 3.8) is 0 Å². The second-order valence-electron chi connectivity index (χ2n) is 13.7. The molecule has 0 atom stereocenters. The zero-order valence-corrected chi connectivity index (χ0v) is 29.8. The summed E-state index contributed by atoms with van der Waals surface area (Å²) in [6.07, 6.45) is 3.59. The van der Waals surface area contributed by atoms with Crippen molar-refractivity contribution >= 4 is 49.3 Å². The first-order valence-corrected chi connectivity index (χ1v) is 18.2. The molecule has 10 aromatic rings. The Morgan fingerprint density at radius 2 is 0.982 bits per heavy atom. The predicted molar refractivity (Wildman–Crippen MR) is 225 cm³/mol. The lowest BCUT2D eigenvalue weighted by Gasteiger charge is -2.19. The minimum Gasteiger partial charge on any atom is -0.309 e. The van der Waals surface area contributed by atoms with Gasteiger partial charge in [-0.05, 0) is 94.5 Å². The Balaban J connectivity index is 1.26. The van der Waals surface area contributed by atoms with Crippen LogP contribution >= 0.6 is 0 Å². The van der Waals surface area contributed by atoms with E-state index in [9.17, 15) is 10.5 Å². The van der Waals surface area contributed by atoms with Gasteiger partial charge in [0.05, 0.1) is 57.2 Å². The third-order valence-corrected chi connectivity index (χ3v) is 10.7. The van der Waals surface area contributed by atoms with Gasteiger partial charge in [0.25, 0.3) is 0 Å². The Kier molecular flexibility index (Phi) is 7.53. The number of pyridine rings is 1. The van der Waals surface area contributed by atoms with Crippen LogP contribution in [0.15, 0.2) is 170 Å². The van der Waals surface area contributed by atoms with Crippen LogP contribution in [0.4, 0.5) is 5.69 Å². The molecule has 0 saturated heterocycles. The van der Waals surface area contributed by atoms with E-state index in [4.69, 9.17) is 6.57 Å². The number of benzene rings is 7. The van der Waals surface area contributed by atoms with E-state index in [-0.39, 0.29) is 0 Å². The molecule has 0 aliphatic rings. The van der Waals surface area contributed by atoms with Crippen LogP contribution in [0.3, 0.4) is 0 Å². The SMILES string of the molecule is [C-]#[N+]c1ccccc1-c1ccc2c(c1)c1ccccc1n2-c1cc(C#N)c(-n2c3ccccc3c3cc(-c4ccccc4C#N)ccc32)cc1-c1ccncc1. The lowest BCUT2D eigenvalue weighted by Crippen LogP contribution is -2.04. The van der Waals surface area contributed by atoms with Crippen LogP contribution in [0, 0.1) is 29.2 Å². The molecule has 0 fully saturated rings. The van der Waals surface area contributed by atoms with E-state index in [1.165, 1.54) is 0 Å². The summed E-state index contributed by atoms with van der Waals surface area (Å²) in [4.78, 5) is 8.14. The minimum absolute atomic E-state index is 0.521. The van der Waals surface area contributed by atoms with E-state index in [2.05, 4.69) is 97.8 Å². The van der Waals surface area contributed by atoms with E-state index < -0.39 is 0 Å². The summed E-state index contributed by atoms with van der Waals surface area (Å²) < 4.78 is 4.44. The van der Waals surface area contributed by atoms with Gasteiger partial charge in [-0.2, -0.15) is 10.5 Å². The number of fused-ring (bicyclic) bond motifs is 6. The first-order valence-electron chi connectivity index (χ1n) is 18.2. The normalized spacial score (nSPS) is 11.2. The summed E-state index contributed by atoms with van der Waals surface area (Å²) in [6.45, 7) is 7.78. The van der Waals surface area contributed by atoms with Crippen molar-refractivity contribution in [3.05, 3.63) is 193 Å². The summed E-state index contributed by atoms with van der Waals surface area (Å²) in [5.74, 6) is 0. The summed E-state index contributed by atoms with van der Waals surface area (Å²) in [5, 5.41) is 25.1. The maximum absolute atomic E-state index is 11.0. The molecule has 0 N–H and O–H groups in total. The number of hydrogen-bond donors (Lipinski definition) is 0. The molecule has 7 aromatic carbocycles. The van der Waals surface area contributed by atoms with Crippen LogP contribution in [0.5, 0.6) is 0 Å². The Hall–Kier alpha value is -8.24. The maximum Gasteiger partial charge on any atom is 0.194 e. The quantitative estimate of drug-likeness (QED) is 0.167. The summed E-state index contributed by atoms with van der Waals surface area (Å²) in [5.41, 5.74) is 12.9. The average Bonchev–Trinajstić information content (AvgIpc) is 3.78. The zero-order valence-electron chi connectivity index (χ0n) is 29.8. The Bertz CT molecular complexity index is 3350. The molecule has 0 unspecified atom stereocenters. The standard InChI is InChI=1S/C50H28N6/c1-53-44-15-7-4-12-38(44)34-19-21-48-43(27-34)40-14-6-9-17-46(40)56(48)50-28-36(31-52)49(29-41(50)32-22-24-54-25-23-32)55-45-16-8-5-13-39(45)42-26-33(18-20-47(42)55)37-11-3-2-10-35(37)30-51/h2-29H. The second kappa shape index (κ2) is 13.0. The van der Waals surface area contributed by atoms with Gasteiger partial charge in [-0.15, -0.1) is 0 Å². The van der Waals surface area contributed by atoms with Crippen LogP contribution in [-0.2, 0) is 0 Å². The fourth-order valence-electron chi connectivity index (χ4n) is 8.25. The molecule has 10 rings (SSSR count). The number of nitrogens with zero attached hydrogens (tertiary/aromatic N) is 6. The highest BCUT2D eigenvalue weighted by atomic mass is 15.0. The topological polar surface area (TPSA) is 74.7 Å². The summed E-state index contributed by atoms with van der Waals surface area (Å²) in [7, 11) is 0. The third kappa shape index (κ3) is 4.97. The first-order chi connectivity index (χ1) is 27.7. The number of rotatable bonds is 5. The van der Waals surface area contributed by atoms with Crippen LogP contribution in [-0.4, -0.2) is 14.1 Å². The number of nitriles is 2. The molecule has 0 aliphatic carbocycles. The van der Waals surface area contributed by atoms with Gasteiger partial charge in [0, 0.05) is 39.5 Å². The molecule has 6 heteroatoms. The molecule has 56 heavy (non-hydrogen) atoms. The molecule has 6 nitrogen and oxygen atoms in total. The molecule has 3 aromatic heterocycles. The van der Waals surface area contributed by atoms with Gasteiger partial charge in [-0.25, -0.2) is 4.85 Å². The van der Waals surface area contributed by atoms with E-state index >= 15 is 0 Å². The minimum atomic E-state index is 0.521. The first kappa shape index (κ1) is 32.4. The zero-order chi connectivity index (χ0) is 37.8. The summed E-state index contributed by atoms with van der Waals surface area (Å²) in [6, 6.07) is 57.7. The van der Waals surface area contributed by atoms with Gasteiger partial charge in [0.2, 0.25) is 0 Å². The number of para-hydroxylation sites is 3. The van der Waals surface area contributed by atoms with Crippen LogP contribution < -0.4 is 0 Å². The van der Waals surface area contributed by atoms with Crippen molar-refractivity contribution in [1.29, 1.82) is 10.5 Å². The van der Waals surface area contributed by atoms with Crippen LogP contribution in [0.1, 0.15) is 11.1 Å². The average molecular weight is 713 g/mol. The van der Waals surface area contributed by atoms with Crippen molar-refractivity contribution in [2.75, 3.05) is 0 Å². The van der Waals surface area contributed by atoms with Crippen molar-refractivity contribution in [3.8, 4) is 56.9 Å². The Morgan fingerprint density at radius 3 is 1.62 bits per heavy atom. The van der Waals surface area contributed by atoms with Gasteiger partial charge in [-0.3, -0.25) is 4.98 Å². The predicted octanol–water partition coefficient (Wildman–Crippen LogP) is 12.6. The van der Waals surface area contributed by atoms with E-state index in [0.29, 0.717) is 16.8 Å². The van der Waals surface area contributed by atoms with Crippen LogP contribution in [0.2, 0.25) is 0 Å². The van der Waals surface area contributed by atoms with Crippen molar-refractivity contribution < 1.29 is 0 Å². The highest BCUT2D eigenvalue weighted by molar-refractivity contribution is 6.12. The lowest BCUT2D eigenvalue weighted by molar-refractivity contribution is 1.13. The fourth-order valence-corrected chi connectivity index (χ4v) is 8.25. The molecule has 0 radical (unpaired) electrons. The maximum atomic E-state index is 11.0. The number of aromatic nitrogens is 3. The molecule has 0 saturated carbocycles. The lowest BCUT2D eigenvalue weighted by atomic mass is 9.98. The third-order valence-electron chi connectivity index (χ3n) is 10.7. The van der Waals surface area contributed by atoms with E-state index in [1.807, 2.05) is 91.0 Å². The molecule has 0 spiro atoms. The highest BCUT2D eigenvalue weighted by Crippen LogP contribution is 2.42. The van der Waals surface area contributed by atoms with Gasteiger partial charge in [0.1, 0.15) is 6.07 Å². The van der Waals surface area contributed by atoms with Gasteiger partial charge < -0.3 is 9.13 Å². The van der Waals surface area contributed by atoms with Gasteiger partial charge in [0.15, 0.2) is 5.69 Å². The summed E-state index contributed by atoms with van der Waals surface area (Å²) >= 11 is 0. The molecule has 258 valence electrons. The molecule has 3 heterocycles. The van der Waals surface area contributed by atoms with Crippen molar-refractivity contribution in [1.82, 2.24) is 14.1 Å². The molecule has 0 amide bonds. The number of hydrogen-bond acceptors (Lipinski definition) is 3. The van der Waals surface area contributed by atoms with Crippen molar-refractivity contribution in [2.24, 2.45) is 0 Å². The molecular formula is C50H28N6. The molecule has 0 aliphatic heterocycles. The largest absolute Gasteiger partial charge is 0.309 e. The van der Waals surface area contributed by atoms with E-state index in [1.54, 1.807) is 12.4 Å². The van der Waals surface area contributed by atoms with Crippen LogP contribution in [0.25, 0.3) is 93.2 Å². The van der Waals surface area contributed by atoms with Crippen molar-refractivity contribution in [2.45, 2.75) is 0 Å². The Morgan fingerprint density at radius 1 is 0.446 bits per heavy atom. The Labute approximate surface area is 322 Å². The van der Waals surface area contributed by atoms with Gasteiger partial charge >= 0.3 is 0 Å². The molecule has 0 bridgehead atoms. The van der Waals surface area contributed by atoms with E-state index in [0.717, 1.165) is 88.4 Å². The second-order valence-corrected chi connectivity index (χ2v) is 13.7.